The van der Waals surface area contributed by atoms with Crippen LogP contribution in [0.3, 0.4) is 0 Å². The summed E-state index contributed by atoms with van der Waals surface area (Å²) in [4.78, 5) is 0. The first-order chi connectivity index (χ1) is 6.29. The van der Waals surface area contributed by atoms with Crippen molar-refractivity contribution in [2.75, 3.05) is 13.2 Å². The second-order valence-corrected chi connectivity index (χ2v) is 3.04. The molecule has 0 saturated carbocycles. The molecule has 1 aromatic rings. The van der Waals surface area contributed by atoms with Gasteiger partial charge in [-0.25, -0.2) is 0 Å². The minimum Gasteiger partial charge on any atom is -0.372 e. The van der Waals surface area contributed by atoms with Crippen LogP contribution in [0.2, 0.25) is 0 Å². The zero-order valence-corrected chi connectivity index (χ0v) is 8.29. The van der Waals surface area contributed by atoms with Crippen molar-refractivity contribution in [3.8, 4) is 0 Å². The number of benzene rings is 1. The van der Waals surface area contributed by atoms with Gasteiger partial charge in [-0.3, -0.25) is 0 Å². The van der Waals surface area contributed by atoms with Crippen molar-refractivity contribution in [2.24, 2.45) is 5.73 Å². The van der Waals surface area contributed by atoms with Gasteiger partial charge in [0.25, 0.3) is 0 Å². The molecule has 0 heterocycles. The molecular formula is C11H17NO. The third-order valence-electron chi connectivity index (χ3n) is 2.12. The van der Waals surface area contributed by atoms with E-state index in [1.165, 1.54) is 11.1 Å². The van der Waals surface area contributed by atoms with Crippen LogP contribution in [0.25, 0.3) is 0 Å². The number of aryl methyl sites for hydroxylation is 1. The topological polar surface area (TPSA) is 35.2 Å². The van der Waals surface area contributed by atoms with Crippen LogP contribution in [-0.4, -0.2) is 13.2 Å². The van der Waals surface area contributed by atoms with Crippen molar-refractivity contribution in [3.63, 3.8) is 0 Å². The smallest absolute Gasteiger partial charge is 0.0949 e. The summed E-state index contributed by atoms with van der Waals surface area (Å²) in [5, 5.41) is 0. The molecule has 0 amide bonds. The van der Waals surface area contributed by atoms with Crippen LogP contribution in [0, 0.1) is 6.92 Å². The maximum absolute atomic E-state index is 5.63. The summed E-state index contributed by atoms with van der Waals surface area (Å²) in [6.07, 6.45) is 0.0474. The van der Waals surface area contributed by atoms with Gasteiger partial charge in [-0.1, -0.05) is 24.3 Å². The summed E-state index contributed by atoms with van der Waals surface area (Å²) in [5.41, 5.74) is 8.08. The first-order valence-electron chi connectivity index (χ1n) is 4.66. The lowest BCUT2D eigenvalue weighted by Crippen LogP contribution is -2.16. The SMILES string of the molecule is CCO[C@@H](CN)c1ccccc1C. The summed E-state index contributed by atoms with van der Waals surface area (Å²) in [6.45, 7) is 5.31. The van der Waals surface area contributed by atoms with E-state index < -0.39 is 0 Å². The van der Waals surface area contributed by atoms with Gasteiger partial charge in [-0.15, -0.1) is 0 Å². The second-order valence-electron chi connectivity index (χ2n) is 3.04. The highest BCUT2D eigenvalue weighted by molar-refractivity contribution is 5.27. The molecule has 0 fully saturated rings. The van der Waals surface area contributed by atoms with Crippen LogP contribution in [-0.2, 0) is 4.74 Å². The number of nitrogens with two attached hydrogens (primary N) is 1. The van der Waals surface area contributed by atoms with Crippen LogP contribution in [0.15, 0.2) is 24.3 Å². The Hall–Kier alpha value is -0.860. The molecular weight excluding hydrogens is 162 g/mol. The van der Waals surface area contributed by atoms with Gasteiger partial charge in [0, 0.05) is 13.2 Å². The molecule has 0 aromatic heterocycles. The van der Waals surface area contributed by atoms with Crippen molar-refractivity contribution >= 4 is 0 Å². The van der Waals surface area contributed by atoms with E-state index in [0.717, 1.165) is 0 Å². The van der Waals surface area contributed by atoms with E-state index in [1.54, 1.807) is 0 Å². The highest BCUT2D eigenvalue weighted by Crippen LogP contribution is 2.19. The maximum Gasteiger partial charge on any atom is 0.0949 e. The van der Waals surface area contributed by atoms with E-state index in [4.69, 9.17) is 10.5 Å². The van der Waals surface area contributed by atoms with Crippen molar-refractivity contribution < 1.29 is 4.74 Å². The molecule has 1 rings (SSSR count). The van der Waals surface area contributed by atoms with Crippen molar-refractivity contribution in [1.82, 2.24) is 0 Å². The quantitative estimate of drug-likeness (QED) is 0.767. The average Bonchev–Trinajstić information content (AvgIpc) is 2.16. The lowest BCUT2D eigenvalue weighted by molar-refractivity contribution is 0.0684. The largest absolute Gasteiger partial charge is 0.372 e. The normalized spacial score (nSPS) is 12.8. The van der Waals surface area contributed by atoms with Gasteiger partial charge in [-0.05, 0) is 25.0 Å². The van der Waals surface area contributed by atoms with Crippen LogP contribution in [0.1, 0.15) is 24.2 Å². The minimum absolute atomic E-state index is 0.0474. The molecule has 1 atom stereocenters. The minimum atomic E-state index is 0.0474. The number of hydrogen-bond acceptors (Lipinski definition) is 2. The van der Waals surface area contributed by atoms with E-state index in [-0.39, 0.29) is 6.10 Å². The van der Waals surface area contributed by atoms with Crippen LogP contribution >= 0.6 is 0 Å². The van der Waals surface area contributed by atoms with E-state index in [1.807, 2.05) is 19.1 Å². The van der Waals surface area contributed by atoms with Crippen LogP contribution in [0.4, 0.5) is 0 Å². The summed E-state index contributed by atoms with van der Waals surface area (Å²) >= 11 is 0. The number of hydrogen-bond donors (Lipinski definition) is 1. The number of rotatable bonds is 4. The Kier molecular flexibility index (Phi) is 3.93. The average molecular weight is 179 g/mol. The highest BCUT2D eigenvalue weighted by Gasteiger charge is 2.10. The zero-order valence-electron chi connectivity index (χ0n) is 8.29. The van der Waals surface area contributed by atoms with Crippen molar-refractivity contribution in [1.29, 1.82) is 0 Å². The maximum atomic E-state index is 5.63. The summed E-state index contributed by atoms with van der Waals surface area (Å²) < 4.78 is 5.53. The van der Waals surface area contributed by atoms with Gasteiger partial charge in [0.1, 0.15) is 0 Å². The highest BCUT2D eigenvalue weighted by atomic mass is 16.5. The molecule has 0 spiro atoms. The third-order valence-corrected chi connectivity index (χ3v) is 2.12. The molecule has 1 aromatic carbocycles. The molecule has 0 saturated heterocycles. The van der Waals surface area contributed by atoms with Gasteiger partial charge < -0.3 is 10.5 Å². The van der Waals surface area contributed by atoms with Gasteiger partial charge >= 0.3 is 0 Å². The fourth-order valence-electron chi connectivity index (χ4n) is 1.43. The molecule has 0 radical (unpaired) electrons. The van der Waals surface area contributed by atoms with Crippen molar-refractivity contribution in [2.45, 2.75) is 20.0 Å². The molecule has 0 aliphatic heterocycles. The van der Waals surface area contributed by atoms with E-state index in [9.17, 15) is 0 Å². The molecule has 0 aliphatic rings. The van der Waals surface area contributed by atoms with Gasteiger partial charge in [0.15, 0.2) is 0 Å². The van der Waals surface area contributed by atoms with E-state index in [0.29, 0.717) is 13.2 Å². The van der Waals surface area contributed by atoms with E-state index in [2.05, 4.69) is 19.1 Å². The predicted molar refractivity (Wildman–Crippen MR) is 54.6 cm³/mol. The zero-order chi connectivity index (χ0) is 9.68. The summed E-state index contributed by atoms with van der Waals surface area (Å²) in [7, 11) is 0. The van der Waals surface area contributed by atoms with Gasteiger partial charge in [0.2, 0.25) is 0 Å². The third kappa shape index (κ3) is 2.54. The molecule has 0 bridgehead atoms. The monoisotopic (exact) mass is 179 g/mol. The Balaban J connectivity index is 2.84. The van der Waals surface area contributed by atoms with Crippen LogP contribution < -0.4 is 5.73 Å². The molecule has 2 heteroatoms. The molecule has 2 N–H and O–H groups in total. The Morgan fingerprint density at radius 1 is 1.38 bits per heavy atom. The van der Waals surface area contributed by atoms with Gasteiger partial charge in [0.05, 0.1) is 6.10 Å². The lowest BCUT2D eigenvalue weighted by Gasteiger charge is -2.17. The van der Waals surface area contributed by atoms with E-state index >= 15 is 0 Å². The molecule has 72 valence electrons. The fourth-order valence-corrected chi connectivity index (χ4v) is 1.43. The standard InChI is InChI=1S/C11H17NO/c1-3-13-11(8-12)10-7-5-4-6-9(10)2/h4-7,11H,3,8,12H2,1-2H3/t11-/m0/s1. The second kappa shape index (κ2) is 5.00. The van der Waals surface area contributed by atoms with Crippen molar-refractivity contribution in [3.05, 3.63) is 35.4 Å². The summed E-state index contributed by atoms with van der Waals surface area (Å²) in [5.74, 6) is 0. The number of ether oxygens (including phenoxy) is 1. The van der Waals surface area contributed by atoms with Gasteiger partial charge in [-0.2, -0.15) is 0 Å². The summed E-state index contributed by atoms with van der Waals surface area (Å²) in [6, 6.07) is 8.20. The fraction of sp³-hybridized carbons (Fsp3) is 0.455. The Morgan fingerprint density at radius 3 is 2.62 bits per heavy atom. The predicted octanol–water partition coefficient (Wildman–Crippen LogP) is 2.03. The molecule has 13 heavy (non-hydrogen) atoms. The van der Waals surface area contributed by atoms with Crippen LogP contribution in [0.5, 0.6) is 0 Å². The first-order valence-corrected chi connectivity index (χ1v) is 4.66. The Labute approximate surface area is 79.7 Å². The Bertz CT molecular complexity index is 260. The molecule has 2 nitrogen and oxygen atoms in total. The Morgan fingerprint density at radius 2 is 2.08 bits per heavy atom. The first kappa shape index (κ1) is 10.2. The molecule has 0 aliphatic carbocycles. The molecule has 0 unspecified atom stereocenters. The lowest BCUT2D eigenvalue weighted by atomic mass is 10.0.